The van der Waals surface area contributed by atoms with E-state index in [2.05, 4.69) is 0 Å². The lowest BCUT2D eigenvalue weighted by atomic mass is 10.2. The lowest BCUT2D eigenvalue weighted by Gasteiger charge is -2.17. The Morgan fingerprint density at radius 3 is 2.67 bits per heavy atom. The van der Waals surface area contributed by atoms with Gasteiger partial charge in [-0.15, -0.1) is 0 Å². The molecule has 1 N–H and O–H groups in total. The third-order valence-corrected chi connectivity index (χ3v) is 4.94. The first-order chi connectivity index (χ1) is 8.43. The van der Waals surface area contributed by atoms with Gasteiger partial charge in [-0.3, -0.25) is 0 Å². The van der Waals surface area contributed by atoms with Gasteiger partial charge < -0.3 is 5.11 Å². The van der Waals surface area contributed by atoms with E-state index in [1.54, 1.807) is 0 Å². The number of benzene rings is 1. The molecular formula is C11H16FNO3S2. The summed E-state index contributed by atoms with van der Waals surface area (Å²) in [5, 5.41) is 8.96. The van der Waals surface area contributed by atoms with E-state index in [4.69, 9.17) is 5.11 Å². The zero-order valence-corrected chi connectivity index (χ0v) is 11.9. The molecule has 0 aliphatic carbocycles. The Hall–Kier alpha value is -0.630. The van der Waals surface area contributed by atoms with Crippen molar-refractivity contribution in [3.8, 4) is 0 Å². The zero-order chi connectivity index (χ0) is 13.8. The van der Waals surface area contributed by atoms with Crippen molar-refractivity contribution < 1.29 is 17.9 Å². The number of thioether (sulfide) groups is 1. The summed E-state index contributed by atoms with van der Waals surface area (Å²) < 4.78 is 38.9. The van der Waals surface area contributed by atoms with E-state index in [-0.39, 0.29) is 6.61 Å². The Morgan fingerprint density at radius 1 is 1.44 bits per heavy atom. The molecule has 0 radical (unpaired) electrons. The second kappa shape index (κ2) is 6.51. The highest BCUT2D eigenvalue weighted by Crippen LogP contribution is 2.20. The van der Waals surface area contributed by atoms with Crippen molar-refractivity contribution >= 4 is 21.8 Å². The molecule has 1 rings (SSSR count). The SMILES string of the molecule is CSCCN(C)S(=O)(=O)c1cc(CO)ccc1F. The summed E-state index contributed by atoms with van der Waals surface area (Å²) in [6.07, 6.45) is 1.87. The van der Waals surface area contributed by atoms with Gasteiger partial charge in [0.1, 0.15) is 10.7 Å². The van der Waals surface area contributed by atoms with Gasteiger partial charge in [0.25, 0.3) is 0 Å². The molecule has 0 aromatic heterocycles. The van der Waals surface area contributed by atoms with E-state index in [9.17, 15) is 12.8 Å². The molecule has 0 heterocycles. The lowest BCUT2D eigenvalue weighted by molar-refractivity contribution is 0.281. The Morgan fingerprint density at radius 2 is 2.11 bits per heavy atom. The molecule has 0 aliphatic heterocycles. The number of hydrogen-bond acceptors (Lipinski definition) is 4. The number of sulfonamides is 1. The minimum atomic E-state index is -3.84. The third-order valence-electron chi connectivity index (χ3n) is 2.48. The molecule has 0 aliphatic rings. The molecule has 0 saturated heterocycles. The largest absolute Gasteiger partial charge is 0.392 e. The van der Waals surface area contributed by atoms with Gasteiger partial charge in [0.15, 0.2) is 0 Å². The number of rotatable bonds is 6. The maximum atomic E-state index is 13.6. The summed E-state index contributed by atoms with van der Waals surface area (Å²) in [7, 11) is -2.43. The lowest BCUT2D eigenvalue weighted by Crippen LogP contribution is -2.29. The first kappa shape index (κ1) is 15.4. The fourth-order valence-electron chi connectivity index (χ4n) is 1.35. The van der Waals surface area contributed by atoms with Gasteiger partial charge in [0.05, 0.1) is 6.61 Å². The van der Waals surface area contributed by atoms with E-state index in [1.165, 1.54) is 30.9 Å². The van der Waals surface area contributed by atoms with Crippen molar-refractivity contribution in [2.75, 3.05) is 25.6 Å². The van der Waals surface area contributed by atoms with Crippen molar-refractivity contribution in [2.45, 2.75) is 11.5 Å². The van der Waals surface area contributed by atoms with Gasteiger partial charge >= 0.3 is 0 Å². The second-order valence-electron chi connectivity index (χ2n) is 3.74. The fraction of sp³-hybridized carbons (Fsp3) is 0.455. The number of aliphatic hydroxyl groups is 1. The standard InChI is InChI=1S/C11H16FNO3S2/c1-13(5-6-17-2)18(15,16)11-7-9(8-14)3-4-10(11)12/h3-4,7,14H,5-6,8H2,1-2H3. The highest BCUT2D eigenvalue weighted by Gasteiger charge is 2.24. The van der Waals surface area contributed by atoms with Crippen molar-refractivity contribution in [1.29, 1.82) is 0 Å². The Labute approximate surface area is 111 Å². The summed E-state index contributed by atoms with van der Waals surface area (Å²) in [6.45, 7) is -0.0103. The van der Waals surface area contributed by atoms with Gasteiger partial charge in [-0.1, -0.05) is 6.07 Å². The van der Waals surface area contributed by atoms with E-state index >= 15 is 0 Å². The van der Waals surface area contributed by atoms with Gasteiger partial charge in [0, 0.05) is 19.3 Å². The van der Waals surface area contributed by atoms with E-state index in [0.717, 1.165) is 10.4 Å². The van der Waals surface area contributed by atoms with Crippen LogP contribution in [-0.2, 0) is 16.6 Å². The predicted octanol–water partition coefficient (Wildman–Crippen LogP) is 1.30. The van der Waals surface area contributed by atoms with Crippen LogP contribution in [0.15, 0.2) is 23.1 Å². The summed E-state index contributed by atoms with van der Waals surface area (Å²) in [6, 6.07) is 3.58. The molecule has 0 spiro atoms. The molecule has 7 heteroatoms. The van der Waals surface area contributed by atoms with Crippen LogP contribution in [0, 0.1) is 5.82 Å². The number of halogens is 1. The molecular weight excluding hydrogens is 277 g/mol. The molecule has 18 heavy (non-hydrogen) atoms. The van der Waals surface area contributed by atoms with Crippen LogP contribution >= 0.6 is 11.8 Å². The van der Waals surface area contributed by atoms with Crippen molar-refractivity contribution in [1.82, 2.24) is 4.31 Å². The van der Waals surface area contributed by atoms with Crippen molar-refractivity contribution in [2.24, 2.45) is 0 Å². The summed E-state index contributed by atoms with van der Waals surface area (Å²) in [5.74, 6) is -0.167. The predicted molar refractivity (Wildman–Crippen MR) is 70.5 cm³/mol. The van der Waals surface area contributed by atoms with Crippen molar-refractivity contribution in [3.63, 3.8) is 0 Å². The number of nitrogens with zero attached hydrogens (tertiary/aromatic N) is 1. The van der Waals surface area contributed by atoms with Crippen LogP contribution in [0.5, 0.6) is 0 Å². The van der Waals surface area contributed by atoms with Crippen LogP contribution in [0.2, 0.25) is 0 Å². The molecule has 0 unspecified atom stereocenters. The molecule has 102 valence electrons. The van der Waals surface area contributed by atoms with Crippen LogP contribution in [-0.4, -0.2) is 43.4 Å². The summed E-state index contributed by atoms with van der Waals surface area (Å²) >= 11 is 1.51. The van der Waals surface area contributed by atoms with Crippen LogP contribution in [0.1, 0.15) is 5.56 Å². The third kappa shape index (κ3) is 3.44. The van der Waals surface area contributed by atoms with E-state index in [0.29, 0.717) is 17.9 Å². The van der Waals surface area contributed by atoms with Crippen LogP contribution in [0.3, 0.4) is 0 Å². The second-order valence-corrected chi connectivity index (χ2v) is 6.74. The topological polar surface area (TPSA) is 57.6 Å². The quantitative estimate of drug-likeness (QED) is 0.859. The maximum Gasteiger partial charge on any atom is 0.245 e. The Kier molecular flexibility index (Phi) is 5.58. The smallest absolute Gasteiger partial charge is 0.245 e. The van der Waals surface area contributed by atoms with Gasteiger partial charge in [-0.25, -0.2) is 17.1 Å². The monoisotopic (exact) mass is 293 g/mol. The van der Waals surface area contributed by atoms with E-state index in [1.807, 2.05) is 6.26 Å². The number of aliphatic hydroxyl groups excluding tert-OH is 1. The molecule has 0 fully saturated rings. The molecule has 1 aromatic carbocycles. The van der Waals surface area contributed by atoms with Gasteiger partial charge in [0.2, 0.25) is 10.0 Å². The normalized spacial score (nSPS) is 12.1. The van der Waals surface area contributed by atoms with Crippen LogP contribution < -0.4 is 0 Å². The Bertz CT molecular complexity index is 505. The summed E-state index contributed by atoms with van der Waals surface area (Å²) in [4.78, 5) is -0.391. The minimum Gasteiger partial charge on any atom is -0.392 e. The molecule has 1 aromatic rings. The summed E-state index contributed by atoms with van der Waals surface area (Å²) in [5.41, 5.74) is 0.369. The molecule has 4 nitrogen and oxygen atoms in total. The van der Waals surface area contributed by atoms with Crippen molar-refractivity contribution in [3.05, 3.63) is 29.6 Å². The van der Waals surface area contributed by atoms with Gasteiger partial charge in [-0.2, -0.15) is 11.8 Å². The molecule has 0 amide bonds. The average Bonchev–Trinajstić information content (AvgIpc) is 2.36. The Balaban J connectivity index is 3.11. The van der Waals surface area contributed by atoms with Crippen LogP contribution in [0.4, 0.5) is 4.39 Å². The first-order valence-electron chi connectivity index (χ1n) is 5.28. The average molecular weight is 293 g/mol. The molecule has 0 bridgehead atoms. The maximum absolute atomic E-state index is 13.6. The highest BCUT2D eigenvalue weighted by molar-refractivity contribution is 7.98. The fourth-order valence-corrected chi connectivity index (χ4v) is 3.21. The van der Waals surface area contributed by atoms with Crippen LogP contribution in [0.25, 0.3) is 0 Å². The first-order valence-corrected chi connectivity index (χ1v) is 8.11. The van der Waals surface area contributed by atoms with E-state index < -0.39 is 20.7 Å². The van der Waals surface area contributed by atoms with Gasteiger partial charge in [-0.05, 0) is 24.0 Å². The highest BCUT2D eigenvalue weighted by atomic mass is 32.2. The number of hydrogen-bond donors (Lipinski definition) is 1. The molecule has 0 saturated carbocycles. The zero-order valence-electron chi connectivity index (χ0n) is 10.3. The minimum absolute atomic E-state index is 0.312. The molecule has 0 atom stereocenters.